The van der Waals surface area contributed by atoms with Crippen LogP contribution in [0.4, 0.5) is 0 Å². The summed E-state index contributed by atoms with van der Waals surface area (Å²) >= 11 is 0. The maximum absolute atomic E-state index is 10.1. The Labute approximate surface area is 214 Å². The van der Waals surface area contributed by atoms with Gasteiger partial charge in [0.1, 0.15) is 0 Å². The van der Waals surface area contributed by atoms with E-state index >= 15 is 0 Å². The van der Waals surface area contributed by atoms with E-state index in [1.165, 1.54) is 106 Å². The Morgan fingerprint density at radius 1 is 0.571 bits per heavy atom. The Balaban J connectivity index is 0. The van der Waals surface area contributed by atoms with Crippen LogP contribution in [0.2, 0.25) is 0 Å². The largest absolute Gasteiger partial charge is 1.00 e. The Kier molecular flexibility index (Phi) is 19.1. The molecular weight excluding hydrogens is 438 g/mol. The Bertz CT molecular complexity index is 697. The average molecular weight is 486 g/mol. The molecule has 2 aromatic rings. The number of benzene rings is 2. The number of carbonyl (C=O) groups is 2. The first-order valence-electron chi connectivity index (χ1n) is 13.2. The highest BCUT2D eigenvalue weighted by atomic mass is 16.4. The molecule has 0 aromatic heterocycles. The van der Waals surface area contributed by atoms with Gasteiger partial charge < -0.3 is 24.3 Å². The molecule has 0 radical (unpaired) electrons. The van der Waals surface area contributed by atoms with E-state index in [9.17, 15) is 19.8 Å². The molecule has 0 bridgehead atoms. The molecule has 0 aliphatic rings. The van der Waals surface area contributed by atoms with Crippen molar-refractivity contribution in [2.75, 3.05) is 26.2 Å². The third-order valence-electron chi connectivity index (χ3n) is 5.96. The molecule has 0 saturated heterocycles. The predicted octanol–water partition coefficient (Wildman–Crippen LogP) is 5.22. The molecule has 0 spiro atoms. The van der Waals surface area contributed by atoms with E-state index < -0.39 is 11.9 Å². The fourth-order valence-electron chi connectivity index (χ4n) is 3.79. The van der Waals surface area contributed by atoms with Crippen LogP contribution in [0.3, 0.4) is 0 Å². The summed E-state index contributed by atoms with van der Waals surface area (Å²) in [5, 5.41) is 20.2. The Morgan fingerprint density at radius 3 is 1.00 bits per heavy atom. The van der Waals surface area contributed by atoms with Crippen molar-refractivity contribution >= 4 is 11.9 Å². The fraction of sp³-hybridized carbons (Fsp3) is 0.533. The van der Waals surface area contributed by atoms with Gasteiger partial charge in [-0.05, 0) is 36.8 Å². The van der Waals surface area contributed by atoms with Gasteiger partial charge in [-0.15, -0.1) is 0 Å². The van der Waals surface area contributed by atoms with Gasteiger partial charge in [0.05, 0.1) is 38.1 Å². The first kappa shape index (κ1) is 32.3. The number of carbonyl (C=O) groups excluding carboxylic acids is 2. The number of hydrogen-bond donors (Lipinski definition) is 0. The smallest absolute Gasteiger partial charge is 0.545 e. The number of quaternary nitrogens is 1. The third kappa shape index (κ3) is 15.8. The van der Waals surface area contributed by atoms with Crippen molar-refractivity contribution in [1.82, 2.24) is 0 Å². The van der Waals surface area contributed by atoms with Crippen LogP contribution in [-0.2, 0) is 0 Å². The first-order valence-corrected chi connectivity index (χ1v) is 13.2. The molecule has 0 N–H and O–H groups in total. The predicted molar refractivity (Wildman–Crippen MR) is 142 cm³/mol. The fourth-order valence-corrected chi connectivity index (χ4v) is 3.79. The van der Waals surface area contributed by atoms with Crippen molar-refractivity contribution in [1.29, 1.82) is 0 Å². The van der Waals surface area contributed by atoms with Crippen LogP contribution < -0.4 is 10.2 Å². The monoisotopic (exact) mass is 485 g/mol. The number of carboxylic acids is 2. The topological polar surface area (TPSA) is 80.3 Å². The number of hydrogen-bond acceptors (Lipinski definition) is 4. The summed E-state index contributed by atoms with van der Waals surface area (Å²) in [5.41, 5.74) is 0.440. The van der Waals surface area contributed by atoms with E-state index in [0.29, 0.717) is 0 Å². The molecule has 0 fully saturated rings. The van der Waals surface area contributed by atoms with E-state index in [0.717, 1.165) is 0 Å². The highest BCUT2D eigenvalue weighted by Gasteiger charge is 2.24. The van der Waals surface area contributed by atoms with Crippen LogP contribution in [0, 0.1) is 0 Å². The lowest BCUT2D eigenvalue weighted by molar-refractivity contribution is -0.929. The zero-order valence-corrected chi connectivity index (χ0v) is 22.3. The molecule has 0 heterocycles. The van der Waals surface area contributed by atoms with Crippen LogP contribution in [-0.4, -0.2) is 42.6 Å². The van der Waals surface area contributed by atoms with Gasteiger partial charge in [0, 0.05) is 0 Å². The molecule has 35 heavy (non-hydrogen) atoms. The normalized spacial score (nSPS) is 10.4. The van der Waals surface area contributed by atoms with Gasteiger partial charge in [-0.1, -0.05) is 114 Å². The lowest BCUT2D eigenvalue weighted by Crippen LogP contribution is -2.50. The minimum absolute atomic E-state index is 0. The molecule has 2 aromatic carbocycles. The zero-order chi connectivity index (χ0) is 26.4. The summed E-state index contributed by atoms with van der Waals surface area (Å²) in [6.07, 6.45) is 11.1. The van der Waals surface area contributed by atoms with E-state index in [2.05, 4.69) is 27.7 Å². The molecule has 0 atom stereocenters. The highest BCUT2D eigenvalue weighted by Crippen LogP contribution is 2.16. The second-order valence-electron chi connectivity index (χ2n) is 8.96. The summed E-state index contributed by atoms with van der Waals surface area (Å²) in [5.74, 6) is -2.26. The van der Waals surface area contributed by atoms with Crippen LogP contribution >= 0.6 is 0 Å². The highest BCUT2D eigenvalue weighted by molar-refractivity contribution is 5.85. The molecule has 0 saturated carbocycles. The number of rotatable bonds is 14. The number of unbranched alkanes of at least 4 members (excludes halogenated alkanes) is 4. The molecule has 2 rings (SSSR count). The maximum atomic E-state index is 10.1. The van der Waals surface area contributed by atoms with E-state index in [1.54, 1.807) is 36.4 Å². The SMILES string of the molecule is CCCC[N+](CCCC)(CCCC)CCCC.O=C([O-])c1ccccc1.O=C([O-])c1ccccc1.[H+]. The van der Waals surface area contributed by atoms with Crippen LogP contribution in [0.5, 0.6) is 0 Å². The summed E-state index contributed by atoms with van der Waals surface area (Å²) in [7, 11) is 0. The van der Waals surface area contributed by atoms with E-state index in [1.807, 2.05) is 0 Å². The zero-order valence-electron chi connectivity index (χ0n) is 23.3. The number of nitrogens with zero attached hydrogens (tertiary/aromatic N) is 1. The van der Waals surface area contributed by atoms with Gasteiger partial charge >= 0.3 is 1.43 Å². The first-order chi connectivity index (χ1) is 16.9. The van der Waals surface area contributed by atoms with Gasteiger partial charge in [0.15, 0.2) is 0 Å². The van der Waals surface area contributed by atoms with Crippen molar-refractivity contribution in [2.24, 2.45) is 0 Å². The molecule has 0 aliphatic carbocycles. The minimum Gasteiger partial charge on any atom is -0.545 e. The third-order valence-corrected chi connectivity index (χ3v) is 5.96. The second-order valence-corrected chi connectivity index (χ2v) is 8.96. The number of aromatic carboxylic acids is 2. The lowest BCUT2D eigenvalue weighted by Gasteiger charge is -2.39. The molecule has 196 valence electrons. The van der Waals surface area contributed by atoms with E-state index in [4.69, 9.17) is 0 Å². The standard InChI is InChI=1S/C16H36N.2C7H6O2/c1-5-9-13-17(14-10-6-2,15-11-7-3)16-12-8-4;2*8-7(9)6-4-2-1-3-5-6/h5-16H2,1-4H3;2*1-5H,(H,8,9)/q+1;;/p-1. The molecule has 0 unspecified atom stereocenters. The molecule has 0 amide bonds. The Hall–Kier alpha value is -2.66. The van der Waals surface area contributed by atoms with Crippen molar-refractivity contribution in [2.45, 2.75) is 79.1 Å². The van der Waals surface area contributed by atoms with E-state index in [-0.39, 0.29) is 12.6 Å². The van der Waals surface area contributed by atoms with Crippen molar-refractivity contribution in [3.05, 3.63) is 71.8 Å². The van der Waals surface area contributed by atoms with Gasteiger partial charge in [0.25, 0.3) is 0 Å². The summed E-state index contributed by atoms with van der Waals surface area (Å²) in [6.45, 7) is 15.0. The molecule has 0 aliphatic heterocycles. The van der Waals surface area contributed by atoms with Gasteiger partial charge in [-0.25, -0.2) is 0 Å². The van der Waals surface area contributed by atoms with Gasteiger partial charge in [-0.2, -0.15) is 0 Å². The minimum atomic E-state index is -1.13. The molecular formula is C30H47NO4. The Morgan fingerprint density at radius 2 is 0.829 bits per heavy atom. The van der Waals surface area contributed by atoms with Crippen molar-refractivity contribution < 1.29 is 25.7 Å². The van der Waals surface area contributed by atoms with Crippen LogP contribution in [0.15, 0.2) is 60.7 Å². The van der Waals surface area contributed by atoms with Crippen molar-refractivity contribution in [3.63, 3.8) is 0 Å². The second kappa shape index (κ2) is 20.7. The lowest BCUT2D eigenvalue weighted by atomic mass is 10.1. The van der Waals surface area contributed by atoms with Crippen LogP contribution in [0.25, 0.3) is 0 Å². The molecule has 5 nitrogen and oxygen atoms in total. The summed E-state index contributed by atoms with van der Waals surface area (Å²) < 4.78 is 1.42. The average Bonchev–Trinajstić information content (AvgIpc) is 2.89. The maximum Gasteiger partial charge on any atom is 1.00 e. The van der Waals surface area contributed by atoms with Crippen LogP contribution in [0.1, 0.15) is 101 Å². The number of carboxylic acid groups (broad SMARTS) is 2. The molecule has 5 heteroatoms. The summed E-state index contributed by atoms with van der Waals surface area (Å²) in [6, 6.07) is 16.1. The summed E-state index contributed by atoms with van der Waals surface area (Å²) in [4.78, 5) is 20.2. The van der Waals surface area contributed by atoms with Crippen molar-refractivity contribution in [3.8, 4) is 0 Å². The van der Waals surface area contributed by atoms with Gasteiger partial charge in [-0.3, -0.25) is 0 Å². The quantitative estimate of drug-likeness (QED) is 0.344. The van der Waals surface area contributed by atoms with Gasteiger partial charge in [0.2, 0.25) is 0 Å².